The van der Waals surface area contributed by atoms with Gasteiger partial charge in [0.15, 0.2) is 11.6 Å². The Balaban J connectivity index is 1.50. The van der Waals surface area contributed by atoms with Gasteiger partial charge in [-0.05, 0) is 55.9 Å². The first kappa shape index (κ1) is 19.7. The number of benzene rings is 1. The first-order valence-electron chi connectivity index (χ1n) is 11.2. The molecule has 1 aromatic carbocycles. The molecule has 1 fully saturated rings. The molecule has 4 heterocycles. The maximum absolute atomic E-state index is 12.6. The molecule has 0 unspecified atom stereocenters. The number of hydrogen-bond donors (Lipinski definition) is 1. The largest absolute Gasteiger partial charge is 0.355 e. The molecule has 160 valence electrons. The minimum atomic E-state index is -0.0102. The number of piperidine rings is 1. The highest BCUT2D eigenvalue weighted by Crippen LogP contribution is 2.40. The molecular formula is C24H28N6O. The van der Waals surface area contributed by atoms with E-state index >= 15 is 0 Å². The minimum absolute atomic E-state index is 0.00360. The van der Waals surface area contributed by atoms with Gasteiger partial charge in [-0.3, -0.25) is 4.79 Å². The Morgan fingerprint density at radius 1 is 1.00 bits per heavy atom. The van der Waals surface area contributed by atoms with Crippen LogP contribution in [0.25, 0.3) is 5.82 Å². The summed E-state index contributed by atoms with van der Waals surface area (Å²) in [6.45, 7) is 6.19. The summed E-state index contributed by atoms with van der Waals surface area (Å²) in [6.07, 6.45) is 5.09. The van der Waals surface area contributed by atoms with E-state index in [9.17, 15) is 4.79 Å². The molecule has 5 rings (SSSR count). The lowest BCUT2D eigenvalue weighted by atomic mass is 9.85. The quantitative estimate of drug-likeness (QED) is 0.696. The molecule has 2 aromatic heterocycles. The topological polar surface area (TPSA) is 75.9 Å². The second kappa shape index (κ2) is 8.13. The predicted octanol–water partition coefficient (Wildman–Crippen LogP) is 4.00. The van der Waals surface area contributed by atoms with E-state index in [2.05, 4.69) is 51.6 Å². The molecule has 7 nitrogen and oxygen atoms in total. The monoisotopic (exact) mass is 416 g/mol. The van der Waals surface area contributed by atoms with Crippen molar-refractivity contribution >= 4 is 17.5 Å². The van der Waals surface area contributed by atoms with Crippen LogP contribution in [-0.2, 0) is 11.2 Å². The van der Waals surface area contributed by atoms with Crippen LogP contribution in [0.15, 0.2) is 36.4 Å². The predicted molar refractivity (Wildman–Crippen MR) is 121 cm³/mol. The van der Waals surface area contributed by atoms with Gasteiger partial charge in [0.1, 0.15) is 5.82 Å². The van der Waals surface area contributed by atoms with Crippen LogP contribution in [0.2, 0.25) is 0 Å². The van der Waals surface area contributed by atoms with Crippen molar-refractivity contribution in [1.29, 1.82) is 0 Å². The Morgan fingerprint density at radius 2 is 1.71 bits per heavy atom. The van der Waals surface area contributed by atoms with Crippen molar-refractivity contribution in [2.24, 2.45) is 0 Å². The standard InChI is InChI=1S/C24H28N6O/c1-3-17-7-9-18(10-8-17)19-15-22(31)25-24-23(19)16(2)28-30(24)21-12-11-20(26-27-21)29-13-5-4-6-14-29/h7-12,19H,3-6,13-15H2,1-2H3,(H,25,31)/t19-/m0/s1. The van der Waals surface area contributed by atoms with Crippen molar-refractivity contribution in [3.05, 3.63) is 58.8 Å². The summed E-state index contributed by atoms with van der Waals surface area (Å²) in [4.78, 5) is 14.9. The maximum atomic E-state index is 12.6. The Labute approximate surface area is 182 Å². The third-order valence-electron chi connectivity index (χ3n) is 6.43. The Kier molecular flexibility index (Phi) is 5.18. The SMILES string of the molecule is CCc1ccc([C@@H]2CC(=O)Nc3c2c(C)nn3-c2ccc(N3CCCCC3)nn2)cc1. The van der Waals surface area contributed by atoms with Gasteiger partial charge in [-0.15, -0.1) is 10.2 Å². The smallest absolute Gasteiger partial charge is 0.226 e. The zero-order valence-corrected chi connectivity index (χ0v) is 18.1. The number of carbonyl (C=O) groups is 1. The summed E-state index contributed by atoms with van der Waals surface area (Å²) < 4.78 is 1.72. The fraction of sp³-hybridized carbons (Fsp3) is 0.417. The van der Waals surface area contributed by atoms with E-state index in [0.29, 0.717) is 18.1 Å². The van der Waals surface area contributed by atoms with E-state index in [1.54, 1.807) is 4.68 Å². The number of nitrogens with one attached hydrogen (secondary N) is 1. The number of hydrogen-bond acceptors (Lipinski definition) is 5. The first-order chi connectivity index (χ1) is 15.1. The molecule has 2 aliphatic heterocycles. The molecule has 7 heteroatoms. The molecule has 1 atom stereocenters. The molecule has 0 bridgehead atoms. The van der Waals surface area contributed by atoms with Crippen LogP contribution >= 0.6 is 0 Å². The van der Waals surface area contributed by atoms with E-state index in [-0.39, 0.29) is 11.8 Å². The van der Waals surface area contributed by atoms with Gasteiger partial charge in [0, 0.05) is 31.0 Å². The number of nitrogens with zero attached hydrogens (tertiary/aromatic N) is 5. The van der Waals surface area contributed by atoms with Crippen LogP contribution in [-0.4, -0.2) is 39.0 Å². The Morgan fingerprint density at radius 3 is 2.39 bits per heavy atom. The van der Waals surface area contributed by atoms with Crippen molar-refractivity contribution in [2.75, 3.05) is 23.3 Å². The van der Waals surface area contributed by atoms with Crippen LogP contribution in [0.5, 0.6) is 0 Å². The minimum Gasteiger partial charge on any atom is -0.355 e. The number of aromatic nitrogens is 4. The molecule has 31 heavy (non-hydrogen) atoms. The summed E-state index contributed by atoms with van der Waals surface area (Å²) in [7, 11) is 0. The summed E-state index contributed by atoms with van der Waals surface area (Å²) >= 11 is 0. The zero-order valence-electron chi connectivity index (χ0n) is 18.1. The highest BCUT2D eigenvalue weighted by molar-refractivity contribution is 5.95. The van der Waals surface area contributed by atoms with Gasteiger partial charge in [0.25, 0.3) is 0 Å². The van der Waals surface area contributed by atoms with E-state index in [1.807, 2.05) is 19.1 Å². The van der Waals surface area contributed by atoms with E-state index < -0.39 is 0 Å². The molecule has 3 aromatic rings. The summed E-state index contributed by atoms with van der Waals surface area (Å²) in [5.74, 6) is 2.21. The number of anilines is 2. The molecule has 2 aliphatic rings. The second-order valence-corrected chi connectivity index (χ2v) is 8.46. The summed E-state index contributed by atoms with van der Waals surface area (Å²) in [6, 6.07) is 12.5. The molecule has 0 radical (unpaired) electrons. The van der Waals surface area contributed by atoms with Gasteiger partial charge in [0.2, 0.25) is 5.91 Å². The number of rotatable bonds is 4. The molecule has 1 saturated heterocycles. The number of fused-ring (bicyclic) bond motifs is 1. The van der Waals surface area contributed by atoms with Crippen LogP contribution in [0.3, 0.4) is 0 Å². The number of carbonyl (C=O) groups excluding carboxylic acids is 1. The lowest BCUT2D eigenvalue weighted by Gasteiger charge is -2.27. The van der Waals surface area contributed by atoms with Crippen molar-refractivity contribution in [3.63, 3.8) is 0 Å². The number of amides is 1. The summed E-state index contributed by atoms with van der Waals surface area (Å²) in [5, 5.41) is 16.7. The Bertz CT molecular complexity index is 1080. The van der Waals surface area contributed by atoms with Gasteiger partial charge in [0.05, 0.1) is 5.69 Å². The first-order valence-corrected chi connectivity index (χ1v) is 11.2. The highest BCUT2D eigenvalue weighted by Gasteiger charge is 2.33. The maximum Gasteiger partial charge on any atom is 0.226 e. The van der Waals surface area contributed by atoms with Crippen molar-refractivity contribution in [1.82, 2.24) is 20.0 Å². The van der Waals surface area contributed by atoms with Gasteiger partial charge in [-0.2, -0.15) is 9.78 Å². The van der Waals surface area contributed by atoms with Crippen LogP contribution in [0, 0.1) is 6.92 Å². The van der Waals surface area contributed by atoms with Gasteiger partial charge >= 0.3 is 0 Å². The fourth-order valence-corrected chi connectivity index (χ4v) is 4.71. The number of aryl methyl sites for hydroxylation is 2. The van der Waals surface area contributed by atoms with E-state index in [1.165, 1.54) is 24.8 Å². The third kappa shape index (κ3) is 3.69. The lowest BCUT2D eigenvalue weighted by Crippen LogP contribution is -2.30. The van der Waals surface area contributed by atoms with E-state index in [0.717, 1.165) is 42.1 Å². The average molecular weight is 417 g/mol. The fourth-order valence-electron chi connectivity index (χ4n) is 4.71. The molecular weight excluding hydrogens is 388 g/mol. The van der Waals surface area contributed by atoms with Gasteiger partial charge in [-0.25, -0.2) is 0 Å². The van der Waals surface area contributed by atoms with Crippen LogP contribution in [0.1, 0.15) is 60.9 Å². The van der Waals surface area contributed by atoms with Crippen LogP contribution in [0.4, 0.5) is 11.6 Å². The van der Waals surface area contributed by atoms with Crippen molar-refractivity contribution in [2.45, 2.75) is 51.9 Å². The van der Waals surface area contributed by atoms with Gasteiger partial charge in [-0.1, -0.05) is 31.2 Å². The lowest BCUT2D eigenvalue weighted by molar-refractivity contribution is -0.116. The zero-order chi connectivity index (χ0) is 21.4. The molecule has 0 aliphatic carbocycles. The molecule has 0 spiro atoms. The van der Waals surface area contributed by atoms with Gasteiger partial charge < -0.3 is 10.2 Å². The second-order valence-electron chi connectivity index (χ2n) is 8.46. The Hall–Kier alpha value is -3.22. The molecule has 1 amide bonds. The van der Waals surface area contributed by atoms with Crippen molar-refractivity contribution < 1.29 is 4.79 Å². The highest BCUT2D eigenvalue weighted by atomic mass is 16.1. The van der Waals surface area contributed by atoms with Crippen LogP contribution < -0.4 is 10.2 Å². The van der Waals surface area contributed by atoms with Crippen molar-refractivity contribution in [3.8, 4) is 5.82 Å². The average Bonchev–Trinajstić information content (AvgIpc) is 3.15. The molecule has 0 saturated carbocycles. The summed E-state index contributed by atoms with van der Waals surface area (Å²) in [5.41, 5.74) is 4.40. The van der Waals surface area contributed by atoms with E-state index in [4.69, 9.17) is 5.10 Å². The molecule has 1 N–H and O–H groups in total. The normalized spacial score (nSPS) is 18.6. The third-order valence-corrected chi connectivity index (χ3v) is 6.43.